The summed E-state index contributed by atoms with van der Waals surface area (Å²) in [6, 6.07) is 70.4. The average Bonchev–Trinajstić information content (AvgIpc) is 3.78. The Morgan fingerprint density at radius 2 is 0.828 bits per heavy atom. The number of benzene rings is 10. The molecule has 0 aliphatic carbocycles. The van der Waals surface area contributed by atoms with Gasteiger partial charge in [0.05, 0.1) is 27.6 Å². The quantitative estimate of drug-likeness (QED) is 0.169. The third-order valence-corrected chi connectivity index (χ3v) is 12.2. The molecule has 4 nitrogen and oxygen atoms in total. The molecule has 0 N–H and O–H groups in total. The normalized spacial score (nSPS) is 12.1. The molecule has 0 radical (unpaired) electrons. The predicted octanol–water partition coefficient (Wildman–Crippen LogP) is 14.1. The summed E-state index contributed by atoms with van der Waals surface area (Å²) in [7, 11) is 0. The van der Waals surface area contributed by atoms with Crippen molar-refractivity contribution in [3.63, 3.8) is 0 Å². The van der Waals surface area contributed by atoms with Crippen molar-refractivity contribution in [2.24, 2.45) is 0 Å². The van der Waals surface area contributed by atoms with Crippen molar-refractivity contribution in [1.29, 1.82) is 0 Å². The fraction of sp³-hybridized carbons (Fsp3) is 0. The number of para-hydroxylation sites is 3. The second-order valence-electron chi connectivity index (χ2n) is 15.4. The number of aromatic nitrogens is 4. The molecule has 3 aromatic heterocycles. The van der Waals surface area contributed by atoms with Gasteiger partial charge in [-0.3, -0.25) is 4.57 Å². The Morgan fingerprint density at radius 3 is 1.60 bits per heavy atom. The van der Waals surface area contributed by atoms with Crippen molar-refractivity contribution in [2.75, 3.05) is 0 Å². The first-order valence-electron chi connectivity index (χ1n) is 19.8. The highest BCUT2D eigenvalue weighted by atomic mass is 15.1. The van der Waals surface area contributed by atoms with Crippen LogP contribution in [0.3, 0.4) is 0 Å². The Morgan fingerprint density at radius 1 is 0.293 bits per heavy atom. The van der Waals surface area contributed by atoms with Crippen molar-refractivity contribution in [1.82, 2.24) is 19.1 Å². The largest absolute Gasteiger partial charge is 0.309 e. The highest BCUT2D eigenvalue weighted by Crippen LogP contribution is 2.40. The summed E-state index contributed by atoms with van der Waals surface area (Å²) in [6.07, 6.45) is 0. The number of fused-ring (bicyclic) bond motifs is 12. The van der Waals surface area contributed by atoms with Gasteiger partial charge in [0.2, 0.25) is 0 Å². The van der Waals surface area contributed by atoms with Crippen molar-refractivity contribution < 1.29 is 0 Å². The molecule has 0 fully saturated rings. The summed E-state index contributed by atoms with van der Waals surface area (Å²) in [5.74, 6) is 1.58. The lowest BCUT2D eigenvalue weighted by molar-refractivity contribution is 1.08. The van der Waals surface area contributed by atoms with Crippen LogP contribution in [0.15, 0.2) is 194 Å². The smallest absolute Gasteiger partial charge is 0.162 e. The summed E-state index contributed by atoms with van der Waals surface area (Å²) in [5.41, 5.74) is 7.66. The molecule has 0 amide bonds. The van der Waals surface area contributed by atoms with Crippen LogP contribution in [0, 0.1) is 0 Å². The van der Waals surface area contributed by atoms with Gasteiger partial charge in [-0.15, -0.1) is 0 Å². The van der Waals surface area contributed by atoms with E-state index in [2.05, 4.69) is 203 Å². The third kappa shape index (κ3) is 4.51. The molecular weight excluding hydrogens is 705 g/mol. The Balaban J connectivity index is 1.07. The zero-order valence-electron chi connectivity index (χ0n) is 31.3. The minimum atomic E-state index is 0.705. The van der Waals surface area contributed by atoms with Crippen molar-refractivity contribution in [3.05, 3.63) is 194 Å². The van der Waals surface area contributed by atoms with Gasteiger partial charge in [0.1, 0.15) is 5.82 Å². The number of hydrogen-bond donors (Lipinski definition) is 0. The molecule has 0 unspecified atom stereocenters. The van der Waals surface area contributed by atoms with E-state index in [1.807, 2.05) is 0 Å². The van der Waals surface area contributed by atoms with Crippen molar-refractivity contribution in [2.45, 2.75) is 0 Å². The molecule has 3 heterocycles. The minimum absolute atomic E-state index is 0.705. The van der Waals surface area contributed by atoms with E-state index in [-0.39, 0.29) is 0 Å². The van der Waals surface area contributed by atoms with Gasteiger partial charge < -0.3 is 4.57 Å². The maximum Gasteiger partial charge on any atom is 0.162 e. The van der Waals surface area contributed by atoms with Gasteiger partial charge in [0.25, 0.3) is 0 Å². The van der Waals surface area contributed by atoms with Gasteiger partial charge in [-0.1, -0.05) is 127 Å². The summed E-state index contributed by atoms with van der Waals surface area (Å²) >= 11 is 0. The fourth-order valence-corrected chi connectivity index (χ4v) is 9.50. The predicted molar refractivity (Wildman–Crippen MR) is 244 cm³/mol. The molecule has 268 valence electrons. The molecule has 13 aromatic rings. The molecule has 0 saturated heterocycles. The Kier molecular flexibility index (Phi) is 6.41. The van der Waals surface area contributed by atoms with Crippen LogP contribution in [-0.4, -0.2) is 19.1 Å². The van der Waals surface area contributed by atoms with Crippen LogP contribution in [-0.2, 0) is 0 Å². The van der Waals surface area contributed by atoms with E-state index in [0.717, 1.165) is 39.0 Å². The molecule has 0 atom stereocenters. The summed E-state index contributed by atoms with van der Waals surface area (Å²) < 4.78 is 4.78. The average molecular weight is 737 g/mol. The molecule has 0 saturated carbocycles. The zero-order chi connectivity index (χ0) is 37.9. The number of nitrogens with zero attached hydrogens (tertiary/aromatic N) is 4. The topological polar surface area (TPSA) is 35.6 Å². The van der Waals surface area contributed by atoms with Crippen LogP contribution in [0.25, 0.3) is 120 Å². The lowest BCUT2D eigenvalue weighted by Crippen LogP contribution is -2.02. The monoisotopic (exact) mass is 736 g/mol. The molecular formula is C54H32N4. The first-order valence-corrected chi connectivity index (χ1v) is 19.8. The zero-order valence-corrected chi connectivity index (χ0v) is 31.3. The van der Waals surface area contributed by atoms with Gasteiger partial charge >= 0.3 is 0 Å². The van der Waals surface area contributed by atoms with Gasteiger partial charge in [-0.2, -0.15) is 0 Å². The van der Waals surface area contributed by atoms with Gasteiger partial charge in [-0.25, -0.2) is 9.97 Å². The number of hydrogen-bond acceptors (Lipinski definition) is 2. The number of rotatable bonds is 3. The van der Waals surface area contributed by atoms with Gasteiger partial charge in [-0.05, 0) is 110 Å². The summed E-state index contributed by atoms with van der Waals surface area (Å²) in [6.45, 7) is 0. The minimum Gasteiger partial charge on any atom is -0.309 e. The van der Waals surface area contributed by atoms with Crippen LogP contribution in [0.4, 0.5) is 0 Å². The van der Waals surface area contributed by atoms with Crippen LogP contribution < -0.4 is 0 Å². The van der Waals surface area contributed by atoms with E-state index in [4.69, 9.17) is 9.97 Å². The lowest BCUT2D eigenvalue weighted by atomic mass is 10.00. The second-order valence-corrected chi connectivity index (χ2v) is 15.4. The van der Waals surface area contributed by atoms with E-state index >= 15 is 0 Å². The van der Waals surface area contributed by atoms with Gasteiger partial charge in [0.15, 0.2) is 5.82 Å². The summed E-state index contributed by atoms with van der Waals surface area (Å²) in [5, 5.41) is 15.6. The fourth-order valence-electron chi connectivity index (χ4n) is 9.50. The maximum absolute atomic E-state index is 5.48. The van der Waals surface area contributed by atoms with E-state index in [1.54, 1.807) is 0 Å². The van der Waals surface area contributed by atoms with Crippen LogP contribution >= 0.6 is 0 Å². The van der Waals surface area contributed by atoms with Gasteiger partial charge in [0, 0.05) is 38.2 Å². The van der Waals surface area contributed by atoms with E-state index in [9.17, 15) is 0 Å². The molecule has 10 aromatic carbocycles. The lowest BCUT2D eigenvalue weighted by Gasteiger charge is -2.14. The molecule has 4 heteroatoms. The molecule has 0 spiro atoms. The maximum atomic E-state index is 5.48. The second kappa shape index (κ2) is 11.8. The SMILES string of the molecule is c1ccc2cc3c(cc2c1)c1ccccc1n3-c1ccc2cc3c4ccccc4n(-c4nc(-c5ccc6ccc7ccccc7c6c5)nc5ccccc45)c3cc2c1. The van der Waals surface area contributed by atoms with E-state index < -0.39 is 0 Å². The van der Waals surface area contributed by atoms with Crippen LogP contribution in [0.5, 0.6) is 0 Å². The Hall–Kier alpha value is -7.82. The molecule has 13 rings (SSSR count). The Bertz CT molecular complexity index is 3870. The van der Waals surface area contributed by atoms with Crippen LogP contribution in [0.2, 0.25) is 0 Å². The van der Waals surface area contributed by atoms with E-state index in [1.165, 1.54) is 75.7 Å². The first-order chi connectivity index (χ1) is 28.7. The van der Waals surface area contributed by atoms with E-state index in [0.29, 0.717) is 5.82 Å². The highest BCUT2D eigenvalue weighted by molar-refractivity contribution is 6.16. The molecule has 0 bridgehead atoms. The van der Waals surface area contributed by atoms with Crippen molar-refractivity contribution >= 4 is 97.6 Å². The first kappa shape index (κ1) is 31.4. The summed E-state index contributed by atoms with van der Waals surface area (Å²) in [4.78, 5) is 10.7. The van der Waals surface area contributed by atoms with Crippen LogP contribution in [0.1, 0.15) is 0 Å². The third-order valence-electron chi connectivity index (χ3n) is 12.2. The highest BCUT2D eigenvalue weighted by Gasteiger charge is 2.20. The standard InChI is InChI=1S/C54H32N4/c1-2-13-36-31-51-46(28-35(36)12-1)42-15-6-9-19-49(42)57(51)40-26-25-37-29-47-43-16-7-10-20-50(43)58(52(47)32-39(37)27-40)54-44-17-5-8-18-48(44)55-53(56-54)38-24-23-34-22-21-33-11-3-4-14-41(33)45(34)30-38/h1-32H. The molecule has 58 heavy (non-hydrogen) atoms. The molecule has 0 aliphatic rings. The Labute approximate surface area is 332 Å². The van der Waals surface area contributed by atoms with Crippen molar-refractivity contribution in [3.8, 4) is 22.9 Å². The molecule has 0 aliphatic heterocycles.